The molecule has 0 fully saturated rings. The first-order chi connectivity index (χ1) is 18.3. The molecule has 0 saturated carbocycles. The van der Waals surface area contributed by atoms with Crippen molar-refractivity contribution in [1.82, 2.24) is 0 Å². The molecule has 0 radical (unpaired) electrons. The molecular formula is C32H30O5. The van der Waals surface area contributed by atoms with Gasteiger partial charge in [-0.25, -0.2) is 0 Å². The summed E-state index contributed by atoms with van der Waals surface area (Å²) < 4.78 is 30.4. The molecule has 0 amide bonds. The summed E-state index contributed by atoms with van der Waals surface area (Å²) in [6.07, 6.45) is 1.08. The lowest BCUT2D eigenvalue weighted by atomic mass is 9.97. The Morgan fingerprint density at radius 2 is 0.892 bits per heavy atom. The lowest BCUT2D eigenvalue weighted by Crippen LogP contribution is -2.18. The molecular weight excluding hydrogens is 464 g/mol. The van der Waals surface area contributed by atoms with Gasteiger partial charge in [0.05, 0.1) is 12.2 Å². The number of hydrogen-bond donors (Lipinski definition) is 0. The van der Waals surface area contributed by atoms with Crippen LogP contribution in [-0.2, 0) is 17.6 Å². The first-order valence-corrected chi connectivity index (χ1v) is 12.8. The summed E-state index contributed by atoms with van der Waals surface area (Å²) >= 11 is 0. The minimum Gasteiger partial charge on any atom is -0.486 e. The van der Waals surface area contributed by atoms with Crippen LogP contribution in [0.3, 0.4) is 0 Å². The van der Waals surface area contributed by atoms with E-state index in [2.05, 4.69) is 72.8 Å². The number of hydrogen-bond acceptors (Lipinski definition) is 5. The van der Waals surface area contributed by atoms with Crippen molar-refractivity contribution < 1.29 is 23.7 Å². The third-order valence-corrected chi connectivity index (χ3v) is 6.73. The van der Waals surface area contributed by atoms with Crippen LogP contribution in [0.5, 0.6) is 23.0 Å². The number of fused-ring (bicyclic) bond motifs is 2. The lowest BCUT2D eigenvalue weighted by molar-refractivity contribution is -0.0153. The van der Waals surface area contributed by atoms with Crippen molar-refractivity contribution in [1.29, 1.82) is 0 Å². The minimum absolute atomic E-state index is 0.194. The van der Waals surface area contributed by atoms with Crippen LogP contribution in [0.4, 0.5) is 0 Å². The molecule has 188 valence electrons. The molecule has 2 aliphatic rings. The van der Waals surface area contributed by atoms with Gasteiger partial charge in [0.2, 0.25) is 0 Å². The molecule has 0 bridgehead atoms. The van der Waals surface area contributed by atoms with Crippen molar-refractivity contribution >= 4 is 0 Å². The zero-order valence-electron chi connectivity index (χ0n) is 20.7. The van der Waals surface area contributed by atoms with E-state index in [9.17, 15) is 0 Å². The molecule has 0 spiro atoms. The van der Waals surface area contributed by atoms with E-state index in [4.69, 9.17) is 23.7 Å². The largest absolute Gasteiger partial charge is 0.486 e. The first kappa shape index (κ1) is 23.4. The van der Waals surface area contributed by atoms with Crippen LogP contribution >= 0.6 is 0 Å². The van der Waals surface area contributed by atoms with Crippen molar-refractivity contribution in [3.05, 3.63) is 119 Å². The third-order valence-electron chi connectivity index (χ3n) is 6.73. The Morgan fingerprint density at radius 1 is 0.486 bits per heavy atom. The van der Waals surface area contributed by atoms with Gasteiger partial charge in [0.25, 0.3) is 0 Å². The summed E-state index contributed by atoms with van der Waals surface area (Å²) in [6, 6.07) is 33.2. The normalized spacial score (nSPS) is 15.6. The monoisotopic (exact) mass is 494 g/mol. The molecule has 0 aromatic heterocycles. The molecule has 5 heteroatoms. The highest BCUT2D eigenvalue weighted by atomic mass is 16.6. The number of benzene rings is 4. The second-order valence-corrected chi connectivity index (χ2v) is 9.30. The fourth-order valence-corrected chi connectivity index (χ4v) is 4.86. The van der Waals surface area contributed by atoms with Crippen LogP contribution in [0, 0.1) is 0 Å². The molecule has 2 unspecified atom stereocenters. The molecule has 2 heterocycles. The van der Waals surface area contributed by atoms with Crippen LogP contribution in [0.2, 0.25) is 0 Å². The number of rotatable bonds is 8. The molecule has 0 aliphatic carbocycles. The van der Waals surface area contributed by atoms with E-state index in [1.165, 1.54) is 11.1 Å². The maximum atomic E-state index is 7.02. The fraction of sp³-hybridized carbons (Fsp3) is 0.250. The van der Waals surface area contributed by atoms with Crippen molar-refractivity contribution in [3.63, 3.8) is 0 Å². The van der Waals surface area contributed by atoms with Crippen LogP contribution < -0.4 is 18.9 Å². The molecule has 4 aromatic rings. The standard InChI is InChI=1S/C32H30O5/c1-3-7-23(8-4-1)19-29(25-11-13-27-31(21-25)35-17-15-33-27)37-30(20-24-9-5-2-6-10-24)26-12-14-28-32(22-26)36-18-16-34-28/h1-14,21-22,29-30H,15-20H2. The van der Waals surface area contributed by atoms with Gasteiger partial charge in [-0.3, -0.25) is 0 Å². The Hall–Kier alpha value is -3.96. The topological polar surface area (TPSA) is 46.2 Å². The second-order valence-electron chi connectivity index (χ2n) is 9.30. The predicted octanol–water partition coefficient (Wildman–Crippen LogP) is 6.51. The molecule has 0 N–H and O–H groups in total. The average Bonchev–Trinajstić information content (AvgIpc) is 2.97. The fourth-order valence-electron chi connectivity index (χ4n) is 4.86. The Kier molecular flexibility index (Phi) is 6.95. The molecule has 2 aliphatic heterocycles. The zero-order valence-corrected chi connectivity index (χ0v) is 20.7. The Balaban J connectivity index is 1.36. The summed E-state index contributed by atoms with van der Waals surface area (Å²) in [7, 11) is 0. The van der Waals surface area contributed by atoms with Gasteiger partial charge < -0.3 is 23.7 Å². The van der Waals surface area contributed by atoms with Crippen molar-refractivity contribution in [3.8, 4) is 23.0 Å². The minimum atomic E-state index is -0.194. The van der Waals surface area contributed by atoms with E-state index in [-0.39, 0.29) is 12.2 Å². The highest BCUT2D eigenvalue weighted by molar-refractivity contribution is 5.46. The highest BCUT2D eigenvalue weighted by Gasteiger charge is 2.25. The maximum absolute atomic E-state index is 7.02. The third kappa shape index (κ3) is 5.57. The molecule has 37 heavy (non-hydrogen) atoms. The zero-order chi connectivity index (χ0) is 24.9. The van der Waals surface area contributed by atoms with Crippen LogP contribution in [0.1, 0.15) is 34.5 Å². The van der Waals surface area contributed by atoms with E-state index in [0.717, 1.165) is 47.0 Å². The van der Waals surface area contributed by atoms with Crippen molar-refractivity contribution in [2.24, 2.45) is 0 Å². The van der Waals surface area contributed by atoms with E-state index >= 15 is 0 Å². The van der Waals surface area contributed by atoms with Crippen molar-refractivity contribution in [2.45, 2.75) is 25.0 Å². The Bertz CT molecular complexity index is 1220. The van der Waals surface area contributed by atoms with Gasteiger partial charge in [-0.2, -0.15) is 0 Å². The van der Waals surface area contributed by atoms with E-state index in [0.29, 0.717) is 26.4 Å². The van der Waals surface area contributed by atoms with E-state index in [1.54, 1.807) is 0 Å². The van der Waals surface area contributed by atoms with Crippen LogP contribution in [-0.4, -0.2) is 26.4 Å². The molecule has 5 nitrogen and oxygen atoms in total. The van der Waals surface area contributed by atoms with Gasteiger partial charge in [-0.15, -0.1) is 0 Å². The molecule has 6 rings (SSSR count). The summed E-state index contributed by atoms with van der Waals surface area (Å²) in [5, 5.41) is 0. The maximum Gasteiger partial charge on any atom is 0.161 e. The Morgan fingerprint density at radius 3 is 1.32 bits per heavy atom. The summed E-state index contributed by atoms with van der Waals surface area (Å²) in [4.78, 5) is 0. The highest BCUT2D eigenvalue weighted by Crippen LogP contribution is 2.39. The number of ether oxygens (including phenoxy) is 5. The quantitative estimate of drug-likeness (QED) is 0.279. The van der Waals surface area contributed by atoms with Crippen LogP contribution in [0.15, 0.2) is 97.1 Å². The molecule has 0 saturated heterocycles. The van der Waals surface area contributed by atoms with E-state index < -0.39 is 0 Å². The first-order valence-electron chi connectivity index (χ1n) is 12.8. The SMILES string of the molecule is c1ccc(CC(OC(Cc2ccccc2)c2ccc3c(c2)OCCO3)c2ccc3c(c2)OCCO3)cc1. The summed E-state index contributed by atoms with van der Waals surface area (Å²) in [5.74, 6) is 3.09. The van der Waals surface area contributed by atoms with Gasteiger partial charge in [0, 0.05) is 12.8 Å². The van der Waals surface area contributed by atoms with Gasteiger partial charge in [0.15, 0.2) is 23.0 Å². The summed E-state index contributed by atoms with van der Waals surface area (Å²) in [6.45, 7) is 2.24. The molecule has 2 atom stereocenters. The second kappa shape index (κ2) is 11.0. The lowest BCUT2D eigenvalue weighted by Gasteiger charge is -2.28. The van der Waals surface area contributed by atoms with Gasteiger partial charge in [-0.1, -0.05) is 72.8 Å². The van der Waals surface area contributed by atoms with Gasteiger partial charge in [-0.05, 0) is 46.5 Å². The average molecular weight is 495 g/mol. The predicted molar refractivity (Wildman–Crippen MR) is 142 cm³/mol. The Labute approximate surface area is 217 Å². The van der Waals surface area contributed by atoms with Crippen molar-refractivity contribution in [2.75, 3.05) is 26.4 Å². The van der Waals surface area contributed by atoms with Crippen LogP contribution in [0.25, 0.3) is 0 Å². The van der Waals surface area contributed by atoms with E-state index in [1.807, 2.05) is 24.3 Å². The van der Waals surface area contributed by atoms with Gasteiger partial charge in [0.1, 0.15) is 26.4 Å². The summed E-state index contributed by atoms with van der Waals surface area (Å²) in [5.41, 5.74) is 4.54. The smallest absolute Gasteiger partial charge is 0.161 e. The van der Waals surface area contributed by atoms with Gasteiger partial charge >= 0.3 is 0 Å². The molecule has 4 aromatic carbocycles.